The zero-order chi connectivity index (χ0) is 10.7. The van der Waals surface area contributed by atoms with Crippen molar-refractivity contribution < 1.29 is 4.79 Å². The summed E-state index contributed by atoms with van der Waals surface area (Å²) < 4.78 is 0. The van der Waals surface area contributed by atoms with Crippen LogP contribution in [0.1, 0.15) is 20.3 Å². The maximum absolute atomic E-state index is 11.4. The fourth-order valence-electron chi connectivity index (χ4n) is 1.38. The van der Waals surface area contributed by atoms with Crippen LogP contribution in [0.25, 0.3) is 0 Å². The van der Waals surface area contributed by atoms with Gasteiger partial charge in [0.15, 0.2) is 0 Å². The lowest BCUT2D eigenvalue weighted by atomic mass is 10.1. The quantitative estimate of drug-likeness (QED) is 0.713. The van der Waals surface area contributed by atoms with Gasteiger partial charge >= 0.3 is 0 Å². The fourth-order valence-corrected chi connectivity index (χ4v) is 1.38. The minimum Gasteiger partial charge on any atom is -0.313 e. The van der Waals surface area contributed by atoms with Crippen LogP contribution < -0.4 is 5.32 Å². The van der Waals surface area contributed by atoms with Crippen LogP contribution in [-0.4, -0.2) is 43.3 Å². The third-order valence-electron chi connectivity index (χ3n) is 2.26. The second-order valence-electron chi connectivity index (χ2n) is 4.31. The Morgan fingerprint density at radius 3 is 2.57 bits per heavy atom. The van der Waals surface area contributed by atoms with Crippen molar-refractivity contribution in [3.8, 4) is 0 Å². The van der Waals surface area contributed by atoms with Gasteiger partial charge in [0.25, 0.3) is 0 Å². The van der Waals surface area contributed by atoms with Crippen LogP contribution in [0.3, 0.4) is 0 Å². The van der Waals surface area contributed by atoms with Gasteiger partial charge in [0.1, 0.15) is 11.9 Å². The molecule has 0 fully saturated rings. The third kappa shape index (κ3) is 2.80. The first kappa shape index (κ1) is 11.2. The van der Waals surface area contributed by atoms with Crippen molar-refractivity contribution in [2.75, 3.05) is 20.6 Å². The zero-order valence-corrected chi connectivity index (χ0v) is 9.37. The van der Waals surface area contributed by atoms with Crippen molar-refractivity contribution in [3.05, 3.63) is 0 Å². The first-order chi connectivity index (χ1) is 6.50. The number of nitrogens with one attached hydrogen (secondary N) is 1. The largest absolute Gasteiger partial charge is 0.313 e. The van der Waals surface area contributed by atoms with E-state index < -0.39 is 0 Å². The van der Waals surface area contributed by atoms with Crippen molar-refractivity contribution in [3.63, 3.8) is 0 Å². The molecule has 0 aliphatic carbocycles. The molecule has 1 rings (SSSR count). The number of rotatable bonds is 4. The molecule has 0 aromatic heterocycles. The summed E-state index contributed by atoms with van der Waals surface area (Å²) in [6, 6.07) is -0.174. The summed E-state index contributed by atoms with van der Waals surface area (Å²) in [5.41, 5.74) is 0. The Balaban J connectivity index is 2.49. The molecule has 0 aromatic carbocycles. The second-order valence-corrected chi connectivity index (χ2v) is 4.31. The molecule has 1 aliphatic heterocycles. The first-order valence-electron chi connectivity index (χ1n) is 5.03. The van der Waals surface area contributed by atoms with Gasteiger partial charge in [-0.25, -0.2) is 0 Å². The van der Waals surface area contributed by atoms with Crippen molar-refractivity contribution in [2.24, 2.45) is 10.9 Å². The molecule has 14 heavy (non-hydrogen) atoms. The zero-order valence-electron chi connectivity index (χ0n) is 9.37. The minimum absolute atomic E-state index is 0.0498. The molecule has 80 valence electrons. The molecule has 1 atom stereocenters. The van der Waals surface area contributed by atoms with E-state index in [1.54, 1.807) is 0 Å². The summed E-state index contributed by atoms with van der Waals surface area (Å²) in [6.07, 6.45) is 0.821. The molecule has 1 unspecified atom stereocenters. The maximum Gasteiger partial charge on any atom is 0.250 e. The van der Waals surface area contributed by atoms with Gasteiger partial charge in [0.05, 0.1) is 0 Å². The minimum atomic E-state index is -0.174. The van der Waals surface area contributed by atoms with Gasteiger partial charge in [0, 0.05) is 13.0 Å². The van der Waals surface area contributed by atoms with E-state index in [1.807, 2.05) is 27.9 Å². The smallest absolute Gasteiger partial charge is 0.250 e. The molecule has 0 radical (unpaired) electrons. The van der Waals surface area contributed by atoms with Gasteiger partial charge in [0.2, 0.25) is 5.91 Å². The molecule has 0 saturated carbocycles. The van der Waals surface area contributed by atoms with Crippen LogP contribution in [0.2, 0.25) is 0 Å². The Morgan fingerprint density at radius 2 is 2.14 bits per heavy atom. The number of aliphatic imine (C=N–C) groups is 1. The number of hydrogen-bond donors (Lipinski definition) is 1. The molecule has 4 heteroatoms. The van der Waals surface area contributed by atoms with E-state index in [4.69, 9.17) is 0 Å². The molecule has 0 spiro atoms. The molecular formula is C10H19N3O. The van der Waals surface area contributed by atoms with Gasteiger partial charge < -0.3 is 10.2 Å². The van der Waals surface area contributed by atoms with E-state index >= 15 is 0 Å². The summed E-state index contributed by atoms with van der Waals surface area (Å²) in [4.78, 5) is 17.9. The average Bonchev–Trinajstić information content (AvgIpc) is 2.43. The summed E-state index contributed by atoms with van der Waals surface area (Å²) in [6.45, 7) is 4.95. The summed E-state index contributed by atoms with van der Waals surface area (Å²) in [7, 11) is 4.02. The number of hydrogen-bond acceptors (Lipinski definition) is 3. The van der Waals surface area contributed by atoms with Gasteiger partial charge in [-0.05, 0) is 20.0 Å². The van der Waals surface area contributed by atoms with E-state index in [2.05, 4.69) is 15.2 Å². The van der Waals surface area contributed by atoms with E-state index in [0.29, 0.717) is 0 Å². The maximum atomic E-state index is 11.4. The Morgan fingerprint density at radius 1 is 1.50 bits per heavy atom. The predicted octanol–water partition coefficient (Wildman–Crippen LogP) is 0.491. The molecule has 0 bridgehead atoms. The first-order valence-corrected chi connectivity index (χ1v) is 5.03. The van der Waals surface area contributed by atoms with Gasteiger partial charge in [-0.15, -0.1) is 0 Å². The molecule has 1 N–H and O–H groups in total. The lowest BCUT2D eigenvalue weighted by molar-refractivity contribution is -0.120. The van der Waals surface area contributed by atoms with Gasteiger partial charge in [-0.2, -0.15) is 0 Å². The van der Waals surface area contributed by atoms with Crippen molar-refractivity contribution in [1.29, 1.82) is 0 Å². The van der Waals surface area contributed by atoms with E-state index in [9.17, 15) is 4.79 Å². The average molecular weight is 197 g/mol. The fraction of sp³-hybridized carbons (Fsp3) is 0.800. The highest BCUT2D eigenvalue weighted by atomic mass is 16.2. The van der Waals surface area contributed by atoms with Gasteiger partial charge in [-0.1, -0.05) is 13.8 Å². The topological polar surface area (TPSA) is 44.7 Å². The standard InChI is InChI=1S/C10H19N3O/c1-7(2)9-10(14)12-8(11-9)5-6-13(3)4/h7,9H,5-6H2,1-4H3,(H,11,12,14). The monoisotopic (exact) mass is 197 g/mol. The highest BCUT2D eigenvalue weighted by Gasteiger charge is 2.28. The number of carbonyl (C=O) groups is 1. The van der Waals surface area contributed by atoms with Gasteiger partial charge in [-0.3, -0.25) is 9.79 Å². The predicted molar refractivity (Wildman–Crippen MR) is 57.4 cm³/mol. The van der Waals surface area contributed by atoms with Crippen molar-refractivity contribution >= 4 is 11.7 Å². The molecule has 4 nitrogen and oxygen atoms in total. The highest BCUT2D eigenvalue weighted by molar-refractivity contribution is 6.05. The number of nitrogens with zero attached hydrogens (tertiary/aromatic N) is 2. The SMILES string of the molecule is CC(C)C1N=C(CCN(C)C)NC1=O. The van der Waals surface area contributed by atoms with Crippen LogP contribution in [0.15, 0.2) is 4.99 Å². The van der Waals surface area contributed by atoms with Crippen molar-refractivity contribution in [2.45, 2.75) is 26.3 Å². The Bertz CT molecular complexity index is 246. The lowest BCUT2D eigenvalue weighted by Gasteiger charge is -2.08. The Labute approximate surface area is 85.4 Å². The highest BCUT2D eigenvalue weighted by Crippen LogP contribution is 2.12. The summed E-state index contributed by atoms with van der Waals surface area (Å²) in [5.74, 6) is 1.17. The summed E-state index contributed by atoms with van der Waals surface area (Å²) >= 11 is 0. The van der Waals surface area contributed by atoms with Crippen molar-refractivity contribution in [1.82, 2.24) is 10.2 Å². The molecule has 1 heterocycles. The number of carbonyl (C=O) groups excluding carboxylic acids is 1. The lowest BCUT2D eigenvalue weighted by Crippen LogP contribution is -2.32. The normalized spacial score (nSPS) is 21.7. The second kappa shape index (κ2) is 4.55. The number of amidine groups is 1. The number of amides is 1. The van der Waals surface area contributed by atoms with E-state index in [1.165, 1.54) is 0 Å². The Hall–Kier alpha value is -0.900. The van der Waals surface area contributed by atoms with E-state index in [-0.39, 0.29) is 17.9 Å². The van der Waals surface area contributed by atoms with E-state index in [0.717, 1.165) is 18.8 Å². The Kier molecular flexibility index (Phi) is 3.63. The summed E-state index contributed by atoms with van der Waals surface area (Å²) in [5, 5.41) is 2.83. The molecular weight excluding hydrogens is 178 g/mol. The van der Waals surface area contributed by atoms with Crippen LogP contribution in [0.5, 0.6) is 0 Å². The molecule has 0 saturated heterocycles. The molecule has 0 aromatic rings. The van der Waals surface area contributed by atoms with Crippen LogP contribution in [0, 0.1) is 5.92 Å². The molecule has 1 aliphatic rings. The van der Waals surface area contributed by atoms with Crippen LogP contribution in [0.4, 0.5) is 0 Å². The molecule has 1 amide bonds. The van der Waals surface area contributed by atoms with Crippen LogP contribution in [-0.2, 0) is 4.79 Å². The third-order valence-corrected chi connectivity index (χ3v) is 2.26. The van der Waals surface area contributed by atoms with Crippen LogP contribution >= 0.6 is 0 Å².